The number of aromatic nitrogens is 2. The molecule has 2 amide bonds. The summed E-state index contributed by atoms with van der Waals surface area (Å²) < 4.78 is 34.4. The molecule has 2 bridgehead atoms. The summed E-state index contributed by atoms with van der Waals surface area (Å²) in [5, 5.41) is 6.13. The highest BCUT2D eigenvalue weighted by molar-refractivity contribution is 6.30. The van der Waals surface area contributed by atoms with Gasteiger partial charge in [0.25, 0.3) is 5.91 Å². The number of aryl methyl sites for hydroxylation is 1. The van der Waals surface area contributed by atoms with Crippen LogP contribution in [-0.4, -0.2) is 33.5 Å². The Bertz CT molecular complexity index is 1320. The molecule has 1 heterocycles. The number of amides is 2. The molecule has 0 unspecified atom stereocenters. The number of rotatable bonds is 7. The number of nitrogens with one attached hydrogen (secondary N) is 2. The lowest BCUT2D eigenvalue weighted by Gasteiger charge is -2.52. The minimum absolute atomic E-state index is 0.00605. The van der Waals surface area contributed by atoms with Crippen molar-refractivity contribution < 1.29 is 23.1 Å². The van der Waals surface area contributed by atoms with E-state index in [1.165, 1.54) is 24.3 Å². The molecule has 3 saturated carbocycles. The molecular weight excluding hydrogens is 490 g/mol. The summed E-state index contributed by atoms with van der Waals surface area (Å²) in [5.41, 5.74) is 0.552. The third kappa shape index (κ3) is 4.64. The Hall–Kier alpha value is -3.20. The lowest BCUT2D eigenvalue weighted by Crippen LogP contribution is -2.60. The van der Waals surface area contributed by atoms with Crippen LogP contribution in [0.4, 0.5) is 8.78 Å². The van der Waals surface area contributed by atoms with Crippen molar-refractivity contribution in [3.63, 3.8) is 0 Å². The maximum absolute atomic E-state index is 13.6. The molecule has 2 aromatic carbocycles. The molecule has 0 spiro atoms. The molecule has 2 N–H and O–H groups in total. The highest BCUT2D eigenvalue weighted by Crippen LogP contribution is 2.52. The summed E-state index contributed by atoms with van der Waals surface area (Å²) in [7, 11) is 1.85. The van der Waals surface area contributed by atoms with Gasteiger partial charge in [0.15, 0.2) is 6.61 Å². The van der Waals surface area contributed by atoms with Crippen LogP contribution in [0.25, 0.3) is 11.0 Å². The molecule has 190 valence electrons. The van der Waals surface area contributed by atoms with Crippen molar-refractivity contribution in [1.82, 2.24) is 20.2 Å². The molecule has 0 saturated heterocycles. The molecule has 0 atom stereocenters. The van der Waals surface area contributed by atoms with E-state index < -0.39 is 11.2 Å². The maximum atomic E-state index is 13.6. The predicted molar refractivity (Wildman–Crippen MR) is 130 cm³/mol. The molecule has 0 radical (unpaired) electrons. The molecule has 36 heavy (non-hydrogen) atoms. The van der Waals surface area contributed by atoms with Gasteiger partial charge in [-0.05, 0) is 62.8 Å². The molecule has 3 fully saturated rings. The van der Waals surface area contributed by atoms with E-state index in [1.54, 1.807) is 6.07 Å². The number of hydrogen-bond donors (Lipinski definition) is 2. The molecule has 7 nitrogen and oxygen atoms in total. The Morgan fingerprint density at radius 2 is 1.81 bits per heavy atom. The summed E-state index contributed by atoms with van der Waals surface area (Å²) in [4.78, 5) is 30.2. The number of nitrogens with zero attached hydrogens (tertiary/aromatic N) is 2. The number of halogens is 3. The Balaban J connectivity index is 1.14. The molecule has 1 aromatic heterocycles. The van der Waals surface area contributed by atoms with Gasteiger partial charge in [0.05, 0.1) is 22.6 Å². The standard InChI is InChI=1S/C26H27ClF2N4O3/c1-33-21-5-2-16(28)12-20(21)31-22(33)14-30-24(35)25-6-9-26(10-7-25,11-8-25)32-23(34)15-36-17-3-4-18(27)19(29)13-17/h2-5,12-13H,6-11,14-15H2,1H3,(H,30,35)(H,32,34). The first-order chi connectivity index (χ1) is 17.2. The fourth-order valence-electron chi connectivity index (χ4n) is 5.49. The fourth-order valence-corrected chi connectivity index (χ4v) is 5.61. The van der Waals surface area contributed by atoms with E-state index in [-0.39, 0.29) is 47.1 Å². The molecule has 0 aliphatic heterocycles. The van der Waals surface area contributed by atoms with Gasteiger partial charge < -0.3 is 19.9 Å². The summed E-state index contributed by atoms with van der Waals surface area (Å²) in [6, 6.07) is 8.49. The van der Waals surface area contributed by atoms with Crippen molar-refractivity contribution in [2.24, 2.45) is 12.5 Å². The molecule has 6 rings (SSSR count). The summed E-state index contributed by atoms with van der Waals surface area (Å²) in [5.74, 6) is -0.337. The van der Waals surface area contributed by atoms with Gasteiger partial charge in [-0.25, -0.2) is 13.8 Å². The number of fused-ring (bicyclic) bond motifs is 4. The van der Waals surface area contributed by atoms with Crippen molar-refractivity contribution in [3.05, 3.63) is 58.9 Å². The van der Waals surface area contributed by atoms with Crippen molar-refractivity contribution in [1.29, 1.82) is 0 Å². The van der Waals surface area contributed by atoms with Crippen LogP contribution in [0, 0.1) is 17.0 Å². The minimum atomic E-state index is -0.604. The monoisotopic (exact) mass is 516 g/mol. The number of hydrogen-bond acceptors (Lipinski definition) is 4. The Kier molecular flexibility index (Phi) is 6.36. The van der Waals surface area contributed by atoms with Gasteiger partial charge in [-0.15, -0.1) is 0 Å². The number of carbonyl (C=O) groups excluding carboxylic acids is 2. The van der Waals surface area contributed by atoms with Gasteiger partial charge in [-0.1, -0.05) is 11.6 Å². The third-order valence-corrected chi connectivity index (χ3v) is 8.04. The van der Waals surface area contributed by atoms with Crippen LogP contribution >= 0.6 is 11.6 Å². The summed E-state index contributed by atoms with van der Waals surface area (Å²) in [6.45, 7) is 0.0360. The second kappa shape index (κ2) is 9.35. The van der Waals surface area contributed by atoms with E-state index in [9.17, 15) is 18.4 Å². The van der Waals surface area contributed by atoms with Crippen LogP contribution < -0.4 is 15.4 Å². The molecule has 10 heteroatoms. The molecular formula is C26H27ClF2N4O3. The lowest BCUT2D eigenvalue weighted by molar-refractivity contribution is -0.140. The van der Waals surface area contributed by atoms with E-state index in [2.05, 4.69) is 15.6 Å². The Morgan fingerprint density at radius 3 is 2.50 bits per heavy atom. The van der Waals surface area contributed by atoms with Crippen LogP contribution in [0.5, 0.6) is 5.75 Å². The lowest BCUT2D eigenvalue weighted by atomic mass is 9.57. The van der Waals surface area contributed by atoms with Gasteiger partial charge >= 0.3 is 0 Å². The number of benzene rings is 2. The van der Waals surface area contributed by atoms with Gasteiger partial charge in [0, 0.05) is 30.1 Å². The zero-order valence-electron chi connectivity index (χ0n) is 19.9. The van der Waals surface area contributed by atoms with E-state index in [0.29, 0.717) is 49.9 Å². The Labute approximate surface area is 212 Å². The first-order valence-corrected chi connectivity index (χ1v) is 12.3. The SMILES string of the molecule is Cn1c(CNC(=O)C23CCC(NC(=O)COc4ccc(Cl)c(F)c4)(CC2)CC3)nc2cc(F)ccc21. The predicted octanol–water partition coefficient (Wildman–Crippen LogP) is 4.41. The largest absolute Gasteiger partial charge is 0.484 e. The minimum Gasteiger partial charge on any atom is -0.484 e. The average Bonchev–Trinajstić information content (AvgIpc) is 3.18. The summed E-state index contributed by atoms with van der Waals surface area (Å²) >= 11 is 5.67. The topological polar surface area (TPSA) is 85.2 Å². The van der Waals surface area contributed by atoms with Crippen molar-refractivity contribution >= 4 is 34.4 Å². The molecule has 3 aliphatic rings. The van der Waals surface area contributed by atoms with Crippen molar-refractivity contribution in [2.45, 2.75) is 50.6 Å². The van der Waals surface area contributed by atoms with Crippen LogP contribution in [-0.2, 0) is 23.2 Å². The first kappa shape index (κ1) is 24.5. The quantitative estimate of drug-likeness (QED) is 0.487. The molecule has 3 aliphatic carbocycles. The van der Waals surface area contributed by atoms with E-state index >= 15 is 0 Å². The van der Waals surface area contributed by atoms with Crippen LogP contribution in [0.3, 0.4) is 0 Å². The second-order valence-corrected chi connectivity index (χ2v) is 10.3. The van der Waals surface area contributed by atoms with Gasteiger partial charge in [-0.3, -0.25) is 9.59 Å². The zero-order valence-corrected chi connectivity index (χ0v) is 20.6. The normalized spacial score (nSPS) is 23.0. The average molecular weight is 517 g/mol. The highest BCUT2D eigenvalue weighted by atomic mass is 35.5. The van der Waals surface area contributed by atoms with E-state index in [1.807, 2.05) is 11.6 Å². The van der Waals surface area contributed by atoms with Crippen LogP contribution in [0.1, 0.15) is 44.3 Å². The maximum Gasteiger partial charge on any atom is 0.258 e. The van der Waals surface area contributed by atoms with E-state index in [4.69, 9.17) is 16.3 Å². The van der Waals surface area contributed by atoms with Gasteiger partial charge in [0.2, 0.25) is 5.91 Å². The van der Waals surface area contributed by atoms with Gasteiger partial charge in [0.1, 0.15) is 23.2 Å². The number of imidazole rings is 1. The second-order valence-electron chi connectivity index (χ2n) is 9.88. The van der Waals surface area contributed by atoms with Crippen LogP contribution in [0.2, 0.25) is 5.02 Å². The van der Waals surface area contributed by atoms with Crippen molar-refractivity contribution in [2.75, 3.05) is 6.61 Å². The molecule has 3 aromatic rings. The highest BCUT2D eigenvalue weighted by Gasteiger charge is 2.52. The third-order valence-electron chi connectivity index (χ3n) is 7.74. The fraction of sp³-hybridized carbons (Fsp3) is 0.423. The number of ether oxygens (including phenoxy) is 1. The van der Waals surface area contributed by atoms with Crippen molar-refractivity contribution in [3.8, 4) is 5.75 Å². The summed E-state index contributed by atoms with van der Waals surface area (Å²) in [6.07, 6.45) is 4.14. The first-order valence-electron chi connectivity index (χ1n) is 12.0. The smallest absolute Gasteiger partial charge is 0.258 e. The zero-order chi connectivity index (χ0) is 25.5. The van der Waals surface area contributed by atoms with E-state index in [0.717, 1.165) is 11.6 Å². The number of carbonyl (C=O) groups is 2. The Morgan fingerprint density at radius 1 is 1.08 bits per heavy atom. The van der Waals surface area contributed by atoms with Crippen LogP contribution in [0.15, 0.2) is 36.4 Å². The van der Waals surface area contributed by atoms with Gasteiger partial charge in [-0.2, -0.15) is 0 Å².